The normalized spacial score (nSPS) is 11.7. The van der Waals surface area contributed by atoms with Crippen molar-refractivity contribution in [2.75, 3.05) is 4.72 Å². The molecule has 1 heterocycles. The number of sulfonamides is 1. The zero-order chi connectivity index (χ0) is 16.6. The van der Waals surface area contributed by atoms with Gasteiger partial charge in [0.25, 0.3) is 0 Å². The lowest BCUT2D eigenvalue weighted by atomic mass is 10.2. The Balaban J connectivity index is 1.85. The van der Waals surface area contributed by atoms with Crippen LogP contribution in [-0.4, -0.2) is 18.0 Å². The van der Waals surface area contributed by atoms with Crippen molar-refractivity contribution in [1.29, 1.82) is 0 Å². The van der Waals surface area contributed by atoms with Crippen LogP contribution in [0.25, 0.3) is 11.0 Å². The number of nitrogens with zero attached hydrogens (tertiary/aromatic N) is 1. The molecule has 8 heteroatoms. The molecule has 2 aromatic carbocycles. The average Bonchev–Trinajstić information content (AvgIpc) is 2.75. The molecule has 0 radical (unpaired) electrons. The largest absolute Gasteiger partial charge is 0.326 e. The van der Waals surface area contributed by atoms with Crippen LogP contribution in [-0.2, 0) is 22.8 Å². The van der Waals surface area contributed by atoms with Crippen LogP contribution in [0.15, 0.2) is 47.3 Å². The Morgan fingerprint density at radius 2 is 1.87 bits per heavy atom. The van der Waals surface area contributed by atoms with Crippen molar-refractivity contribution in [3.63, 3.8) is 0 Å². The van der Waals surface area contributed by atoms with E-state index in [0.29, 0.717) is 22.3 Å². The Hall–Kier alpha value is -2.61. The molecule has 120 valence electrons. The Bertz CT molecular complexity index is 1020. The van der Waals surface area contributed by atoms with Crippen LogP contribution >= 0.6 is 0 Å². The number of nitrogens with one attached hydrogen (secondary N) is 2. The third-order valence-electron chi connectivity index (χ3n) is 3.45. The summed E-state index contributed by atoms with van der Waals surface area (Å²) < 4.78 is 41.1. The van der Waals surface area contributed by atoms with E-state index in [2.05, 4.69) is 9.71 Å². The van der Waals surface area contributed by atoms with E-state index >= 15 is 0 Å². The fourth-order valence-corrected chi connectivity index (χ4v) is 3.51. The van der Waals surface area contributed by atoms with E-state index in [9.17, 15) is 17.6 Å². The van der Waals surface area contributed by atoms with Crippen molar-refractivity contribution in [3.05, 3.63) is 64.3 Å². The molecule has 3 aromatic rings. The lowest BCUT2D eigenvalue weighted by Crippen LogP contribution is -2.15. The minimum Gasteiger partial charge on any atom is -0.305 e. The fraction of sp³-hybridized carbons (Fsp3) is 0.133. The maximum Gasteiger partial charge on any atom is 0.326 e. The minimum absolute atomic E-state index is 0.267. The molecule has 0 amide bonds. The highest BCUT2D eigenvalue weighted by Crippen LogP contribution is 2.18. The van der Waals surface area contributed by atoms with Gasteiger partial charge in [-0.2, -0.15) is 0 Å². The summed E-state index contributed by atoms with van der Waals surface area (Å²) in [5.74, 6) is -0.686. The number of hydrogen-bond donors (Lipinski definition) is 2. The molecule has 0 spiro atoms. The van der Waals surface area contributed by atoms with Gasteiger partial charge >= 0.3 is 5.69 Å². The first kappa shape index (κ1) is 15.3. The summed E-state index contributed by atoms with van der Waals surface area (Å²) in [7, 11) is -2.02. The summed E-state index contributed by atoms with van der Waals surface area (Å²) in [6, 6.07) is 10.1. The van der Waals surface area contributed by atoms with Crippen LogP contribution < -0.4 is 10.4 Å². The second-order valence-corrected chi connectivity index (χ2v) is 6.93. The van der Waals surface area contributed by atoms with Gasteiger partial charge in [0.1, 0.15) is 5.82 Å². The highest BCUT2D eigenvalue weighted by atomic mass is 32.2. The number of halogens is 1. The van der Waals surface area contributed by atoms with E-state index in [1.165, 1.54) is 28.8 Å². The third-order valence-corrected chi connectivity index (χ3v) is 4.71. The van der Waals surface area contributed by atoms with E-state index in [-0.39, 0.29) is 11.4 Å². The standard InChI is InChI=1S/C15H14FN3O3S/c1-19-14-7-6-12(8-13(14)17-15(19)20)18-23(21,22)9-10-2-4-11(16)5-3-10/h2-8,18H,9H2,1H3,(H,17,20). The van der Waals surface area contributed by atoms with Crippen LogP contribution in [0.3, 0.4) is 0 Å². The Morgan fingerprint density at radius 1 is 1.17 bits per heavy atom. The highest BCUT2D eigenvalue weighted by Gasteiger charge is 2.13. The van der Waals surface area contributed by atoms with Crippen molar-refractivity contribution in [2.24, 2.45) is 7.05 Å². The van der Waals surface area contributed by atoms with Crippen molar-refractivity contribution in [2.45, 2.75) is 5.75 Å². The molecule has 0 aliphatic heterocycles. The van der Waals surface area contributed by atoms with Gasteiger partial charge in [-0.3, -0.25) is 9.29 Å². The van der Waals surface area contributed by atoms with Gasteiger partial charge in [-0.25, -0.2) is 17.6 Å². The minimum atomic E-state index is -3.64. The highest BCUT2D eigenvalue weighted by molar-refractivity contribution is 7.91. The van der Waals surface area contributed by atoms with Crippen molar-refractivity contribution in [3.8, 4) is 0 Å². The van der Waals surface area contributed by atoms with Gasteiger partial charge in [-0.05, 0) is 35.9 Å². The topological polar surface area (TPSA) is 84.0 Å². The fourth-order valence-electron chi connectivity index (χ4n) is 2.32. The molecule has 23 heavy (non-hydrogen) atoms. The molecule has 0 bridgehead atoms. The molecule has 0 aliphatic rings. The van der Waals surface area contributed by atoms with Crippen LogP contribution in [0.1, 0.15) is 5.56 Å². The summed E-state index contributed by atoms with van der Waals surface area (Å²) >= 11 is 0. The number of rotatable bonds is 4. The smallest absolute Gasteiger partial charge is 0.305 e. The second kappa shape index (κ2) is 5.54. The average molecular weight is 335 g/mol. The Morgan fingerprint density at radius 3 is 2.57 bits per heavy atom. The summed E-state index contributed by atoms with van der Waals surface area (Å²) in [6.45, 7) is 0. The lowest BCUT2D eigenvalue weighted by Gasteiger charge is -2.08. The molecule has 2 N–H and O–H groups in total. The summed E-state index contributed by atoms with van der Waals surface area (Å²) in [5.41, 5.74) is 1.77. The van der Waals surface area contributed by atoms with Crippen LogP contribution in [0.4, 0.5) is 10.1 Å². The van der Waals surface area contributed by atoms with Crippen LogP contribution in [0.2, 0.25) is 0 Å². The van der Waals surface area contributed by atoms with Gasteiger partial charge in [0.15, 0.2) is 0 Å². The quantitative estimate of drug-likeness (QED) is 0.764. The van der Waals surface area contributed by atoms with Crippen molar-refractivity contribution < 1.29 is 12.8 Å². The van der Waals surface area contributed by atoms with Gasteiger partial charge in [0.05, 0.1) is 22.5 Å². The first-order valence-electron chi connectivity index (χ1n) is 6.78. The maximum absolute atomic E-state index is 12.9. The molecular weight excluding hydrogens is 321 g/mol. The van der Waals surface area contributed by atoms with E-state index in [0.717, 1.165) is 0 Å². The van der Waals surface area contributed by atoms with Gasteiger partial charge < -0.3 is 4.98 Å². The first-order valence-corrected chi connectivity index (χ1v) is 8.43. The molecule has 0 saturated heterocycles. The van der Waals surface area contributed by atoms with Gasteiger partial charge in [-0.1, -0.05) is 12.1 Å². The molecule has 0 atom stereocenters. The number of benzene rings is 2. The molecule has 0 fully saturated rings. The van der Waals surface area contributed by atoms with E-state index in [4.69, 9.17) is 0 Å². The number of fused-ring (bicyclic) bond motifs is 1. The lowest BCUT2D eigenvalue weighted by molar-refractivity contribution is 0.600. The number of hydrogen-bond acceptors (Lipinski definition) is 3. The van der Waals surface area contributed by atoms with Gasteiger partial charge in [-0.15, -0.1) is 0 Å². The molecule has 0 unspecified atom stereocenters. The molecule has 1 aromatic heterocycles. The number of aryl methyl sites for hydroxylation is 1. The predicted octanol–water partition coefficient (Wildman–Crippen LogP) is 1.95. The van der Waals surface area contributed by atoms with E-state index < -0.39 is 15.8 Å². The third kappa shape index (κ3) is 3.26. The molecule has 0 saturated carbocycles. The van der Waals surface area contributed by atoms with E-state index in [1.54, 1.807) is 25.2 Å². The molecule has 0 aliphatic carbocycles. The van der Waals surface area contributed by atoms with Crippen LogP contribution in [0.5, 0.6) is 0 Å². The number of imidazole rings is 1. The summed E-state index contributed by atoms with van der Waals surface area (Å²) in [4.78, 5) is 14.2. The summed E-state index contributed by atoms with van der Waals surface area (Å²) in [6.07, 6.45) is 0. The molecular formula is C15H14FN3O3S. The zero-order valence-corrected chi connectivity index (χ0v) is 13.0. The first-order chi connectivity index (χ1) is 10.8. The summed E-state index contributed by atoms with van der Waals surface area (Å²) in [5, 5.41) is 0. The maximum atomic E-state index is 12.9. The zero-order valence-electron chi connectivity index (χ0n) is 12.2. The van der Waals surface area contributed by atoms with Gasteiger partial charge in [0.2, 0.25) is 10.0 Å². The van der Waals surface area contributed by atoms with E-state index in [1.807, 2.05) is 0 Å². The Kier molecular flexibility index (Phi) is 3.69. The number of anilines is 1. The number of aromatic amines is 1. The second-order valence-electron chi connectivity index (χ2n) is 5.21. The Labute approximate surface area is 131 Å². The monoisotopic (exact) mass is 335 g/mol. The number of aromatic nitrogens is 2. The molecule has 6 nitrogen and oxygen atoms in total. The van der Waals surface area contributed by atoms with Crippen molar-refractivity contribution >= 4 is 26.7 Å². The van der Waals surface area contributed by atoms with Gasteiger partial charge in [0, 0.05) is 7.05 Å². The predicted molar refractivity (Wildman–Crippen MR) is 86.2 cm³/mol. The SMILES string of the molecule is Cn1c(=O)[nH]c2cc(NS(=O)(=O)Cc3ccc(F)cc3)ccc21. The van der Waals surface area contributed by atoms with Crippen LogP contribution in [0, 0.1) is 5.82 Å². The molecule has 3 rings (SSSR count). The van der Waals surface area contributed by atoms with Crippen molar-refractivity contribution in [1.82, 2.24) is 9.55 Å². The number of H-pyrrole nitrogens is 1.